The van der Waals surface area contributed by atoms with Gasteiger partial charge in [-0.05, 0) is 73.2 Å². The zero-order chi connectivity index (χ0) is 30.9. The molecular formula is C32H33F2N3O5S. The van der Waals surface area contributed by atoms with Crippen molar-refractivity contribution in [3.05, 3.63) is 77.6 Å². The van der Waals surface area contributed by atoms with Gasteiger partial charge in [-0.15, -0.1) is 0 Å². The Kier molecular flexibility index (Phi) is 8.55. The minimum atomic E-state index is -3.96. The number of carbonyl (C=O) groups excluding carboxylic acids is 2. The summed E-state index contributed by atoms with van der Waals surface area (Å²) in [4.78, 5) is 26.4. The third-order valence-electron chi connectivity index (χ3n) is 7.71. The number of carbonyl (C=O) groups is 2. The summed E-state index contributed by atoms with van der Waals surface area (Å²) in [6.07, 6.45) is 3.95. The maximum Gasteiger partial charge on any atom is 0.255 e. The first-order valence-electron chi connectivity index (χ1n) is 14.1. The number of nitrogens with zero attached hydrogens (tertiary/aromatic N) is 1. The van der Waals surface area contributed by atoms with E-state index in [2.05, 4.69) is 10.6 Å². The fraction of sp³-hybridized carbons (Fsp3) is 0.312. The molecule has 2 amide bonds. The van der Waals surface area contributed by atoms with Crippen LogP contribution in [0.25, 0.3) is 33.4 Å². The fourth-order valence-corrected chi connectivity index (χ4v) is 6.31. The number of benzene rings is 3. The minimum absolute atomic E-state index is 0.0688. The topological polar surface area (TPSA) is 109 Å². The standard InChI is InChI=1S/C32H33F2N3O5S/c1-4-26(19-8-9-19)36-31(38)22-7-5-6-21(16-22)24-17-25-28(18-27(24)37(15-14-33)43(3,40)41)42-30(29(25)32(39)35-2)20-10-12-23(34)13-11-20/h5-7,10-13,16-19,26H,4,8-9,14-15H2,1-3H3,(H,35,39)(H,36,38)/t26-/m0/s1. The van der Waals surface area contributed by atoms with Gasteiger partial charge < -0.3 is 15.1 Å². The van der Waals surface area contributed by atoms with E-state index in [1.165, 1.54) is 37.4 Å². The highest BCUT2D eigenvalue weighted by Crippen LogP contribution is 2.42. The van der Waals surface area contributed by atoms with E-state index in [1.807, 2.05) is 6.92 Å². The normalized spacial score (nSPS) is 14.0. The lowest BCUT2D eigenvalue weighted by Crippen LogP contribution is -2.35. The van der Waals surface area contributed by atoms with Crippen LogP contribution >= 0.6 is 0 Å². The summed E-state index contributed by atoms with van der Waals surface area (Å²) in [5.74, 6) is -0.561. The third-order valence-corrected chi connectivity index (χ3v) is 8.89. The molecule has 8 nitrogen and oxygen atoms in total. The molecule has 0 bridgehead atoms. The lowest BCUT2D eigenvalue weighted by Gasteiger charge is -2.24. The highest BCUT2D eigenvalue weighted by molar-refractivity contribution is 7.92. The first-order chi connectivity index (χ1) is 20.5. The smallest absolute Gasteiger partial charge is 0.255 e. The van der Waals surface area contributed by atoms with Crippen LogP contribution in [0.3, 0.4) is 0 Å². The molecule has 43 heavy (non-hydrogen) atoms. The summed E-state index contributed by atoms with van der Waals surface area (Å²) in [6.45, 7) is 0.626. The van der Waals surface area contributed by atoms with Crippen molar-refractivity contribution in [2.45, 2.75) is 32.2 Å². The Bertz CT molecular complexity index is 1780. The molecule has 1 saturated carbocycles. The molecule has 4 aromatic rings. The van der Waals surface area contributed by atoms with Gasteiger partial charge in [0.25, 0.3) is 11.8 Å². The Balaban J connectivity index is 1.73. The Morgan fingerprint density at radius 2 is 1.77 bits per heavy atom. The molecule has 1 atom stereocenters. The van der Waals surface area contributed by atoms with Gasteiger partial charge in [-0.3, -0.25) is 13.9 Å². The van der Waals surface area contributed by atoms with Crippen molar-refractivity contribution in [2.24, 2.45) is 5.92 Å². The lowest BCUT2D eigenvalue weighted by molar-refractivity contribution is 0.0929. The van der Waals surface area contributed by atoms with Crippen molar-refractivity contribution < 1.29 is 31.2 Å². The SMILES string of the molecule is CC[C@H](NC(=O)c1cccc(-c2cc3c(C(=O)NC)c(-c4ccc(F)cc4)oc3cc2N(CCF)S(C)(=O)=O)c1)C1CC1. The van der Waals surface area contributed by atoms with Crippen molar-refractivity contribution >= 4 is 38.5 Å². The average molecular weight is 610 g/mol. The second-order valence-electron chi connectivity index (χ2n) is 10.7. The largest absolute Gasteiger partial charge is 0.455 e. The van der Waals surface area contributed by atoms with Crippen LogP contribution in [0.2, 0.25) is 0 Å². The number of halogens is 2. The number of hydrogen-bond donors (Lipinski definition) is 2. The van der Waals surface area contributed by atoms with E-state index in [9.17, 15) is 26.8 Å². The van der Waals surface area contributed by atoms with Gasteiger partial charge in [0.2, 0.25) is 10.0 Å². The van der Waals surface area contributed by atoms with Crippen LogP contribution in [0.5, 0.6) is 0 Å². The summed E-state index contributed by atoms with van der Waals surface area (Å²) < 4.78 is 60.2. The molecule has 0 unspecified atom stereocenters. The van der Waals surface area contributed by atoms with E-state index in [-0.39, 0.29) is 34.5 Å². The Hall–Kier alpha value is -4.25. The Morgan fingerprint density at radius 3 is 2.37 bits per heavy atom. The number of sulfonamides is 1. The molecule has 0 aliphatic heterocycles. The predicted molar refractivity (Wildman–Crippen MR) is 163 cm³/mol. The van der Waals surface area contributed by atoms with Gasteiger partial charge >= 0.3 is 0 Å². The Labute approximate surface area is 249 Å². The average Bonchev–Trinajstić information content (AvgIpc) is 3.77. The van der Waals surface area contributed by atoms with Crippen LogP contribution in [0.1, 0.15) is 46.9 Å². The number of furan rings is 1. The van der Waals surface area contributed by atoms with Gasteiger partial charge in [-0.25, -0.2) is 17.2 Å². The van der Waals surface area contributed by atoms with Gasteiger partial charge in [0, 0.05) is 41.2 Å². The third kappa shape index (κ3) is 6.27. The van der Waals surface area contributed by atoms with Gasteiger partial charge in [-0.2, -0.15) is 0 Å². The van der Waals surface area contributed by atoms with Crippen molar-refractivity contribution in [3.8, 4) is 22.5 Å². The molecule has 1 fully saturated rings. The van der Waals surface area contributed by atoms with Crippen LogP contribution in [0.4, 0.5) is 14.5 Å². The second-order valence-corrected chi connectivity index (χ2v) is 12.6. The van der Waals surface area contributed by atoms with Gasteiger partial charge in [-0.1, -0.05) is 19.1 Å². The van der Waals surface area contributed by atoms with Crippen molar-refractivity contribution in [3.63, 3.8) is 0 Å². The number of amides is 2. The summed E-state index contributed by atoms with van der Waals surface area (Å²) in [6, 6.07) is 15.3. The molecule has 0 radical (unpaired) electrons. The maximum atomic E-state index is 13.7. The highest BCUT2D eigenvalue weighted by atomic mass is 32.2. The summed E-state index contributed by atoms with van der Waals surface area (Å²) in [5, 5.41) is 6.07. The molecule has 1 aromatic heterocycles. The number of anilines is 1. The highest BCUT2D eigenvalue weighted by Gasteiger charge is 2.31. The Morgan fingerprint density at radius 1 is 1.05 bits per heavy atom. The number of rotatable bonds is 11. The molecule has 0 saturated heterocycles. The molecule has 11 heteroatoms. The van der Waals surface area contributed by atoms with E-state index < -0.39 is 35.0 Å². The quantitative estimate of drug-likeness (QED) is 0.220. The molecule has 1 aliphatic carbocycles. The molecule has 1 heterocycles. The zero-order valence-electron chi connectivity index (χ0n) is 24.1. The lowest BCUT2D eigenvalue weighted by atomic mass is 9.97. The van der Waals surface area contributed by atoms with E-state index in [0.717, 1.165) is 29.8 Å². The molecule has 3 aromatic carbocycles. The van der Waals surface area contributed by atoms with Crippen LogP contribution in [-0.2, 0) is 10.0 Å². The molecule has 226 valence electrons. The summed E-state index contributed by atoms with van der Waals surface area (Å²) in [7, 11) is -2.49. The van der Waals surface area contributed by atoms with Crippen LogP contribution in [-0.4, -0.2) is 52.8 Å². The van der Waals surface area contributed by atoms with Crippen LogP contribution in [0.15, 0.2) is 65.1 Å². The maximum absolute atomic E-state index is 13.7. The van der Waals surface area contributed by atoms with E-state index >= 15 is 0 Å². The van der Waals surface area contributed by atoms with E-state index in [1.54, 1.807) is 30.3 Å². The van der Waals surface area contributed by atoms with Crippen LogP contribution in [0, 0.1) is 11.7 Å². The monoisotopic (exact) mass is 609 g/mol. The zero-order valence-corrected chi connectivity index (χ0v) is 24.9. The van der Waals surface area contributed by atoms with E-state index in [0.29, 0.717) is 33.6 Å². The van der Waals surface area contributed by atoms with Gasteiger partial charge in [0.1, 0.15) is 23.8 Å². The molecule has 2 N–H and O–H groups in total. The van der Waals surface area contributed by atoms with Crippen molar-refractivity contribution in [1.82, 2.24) is 10.6 Å². The summed E-state index contributed by atoms with van der Waals surface area (Å²) in [5.41, 5.74) is 2.12. The minimum Gasteiger partial charge on any atom is -0.455 e. The molecule has 1 aliphatic rings. The molecule has 5 rings (SSSR count). The predicted octanol–water partition coefficient (Wildman–Crippen LogP) is 5.92. The van der Waals surface area contributed by atoms with Crippen molar-refractivity contribution in [2.75, 3.05) is 30.8 Å². The first kappa shape index (κ1) is 30.2. The van der Waals surface area contributed by atoms with Gasteiger partial charge in [0.15, 0.2) is 0 Å². The molecule has 0 spiro atoms. The van der Waals surface area contributed by atoms with Crippen LogP contribution < -0.4 is 14.9 Å². The first-order valence-corrected chi connectivity index (χ1v) is 15.9. The number of hydrogen-bond acceptors (Lipinski definition) is 5. The molecular weight excluding hydrogens is 576 g/mol. The fourth-order valence-electron chi connectivity index (χ4n) is 5.40. The van der Waals surface area contributed by atoms with Crippen molar-refractivity contribution in [1.29, 1.82) is 0 Å². The number of alkyl halides is 1. The second kappa shape index (κ2) is 12.2. The number of fused-ring (bicyclic) bond motifs is 1. The van der Waals surface area contributed by atoms with Gasteiger partial charge in [0.05, 0.1) is 24.1 Å². The number of nitrogens with one attached hydrogen (secondary N) is 2. The summed E-state index contributed by atoms with van der Waals surface area (Å²) >= 11 is 0. The van der Waals surface area contributed by atoms with E-state index in [4.69, 9.17) is 4.42 Å².